The number of anilines is 1. The van der Waals surface area contributed by atoms with E-state index in [4.69, 9.17) is 21.1 Å². The number of imidazole rings is 1. The fourth-order valence-electron chi connectivity index (χ4n) is 2.91. The van der Waals surface area contributed by atoms with E-state index < -0.39 is 11.7 Å². The highest BCUT2D eigenvalue weighted by atomic mass is 35.5. The molecule has 0 saturated heterocycles. The summed E-state index contributed by atoms with van der Waals surface area (Å²) < 4.78 is 12.0. The molecule has 2 aromatic rings. The van der Waals surface area contributed by atoms with Gasteiger partial charge in [-0.1, -0.05) is 11.6 Å². The number of carbonyl (C=O) groups excluding carboxylic acids is 2. The Morgan fingerprint density at radius 2 is 2.07 bits per heavy atom. The molecule has 28 heavy (non-hydrogen) atoms. The van der Waals surface area contributed by atoms with Crippen LogP contribution in [0.5, 0.6) is 0 Å². The first-order valence-electron chi connectivity index (χ1n) is 8.95. The van der Waals surface area contributed by atoms with E-state index in [0.29, 0.717) is 11.3 Å². The normalized spacial score (nSPS) is 19.2. The number of aromatic nitrogens is 3. The van der Waals surface area contributed by atoms with Crippen LogP contribution >= 0.6 is 11.6 Å². The molecular formula is C18H24ClN5O4. The number of rotatable bonds is 4. The zero-order valence-electron chi connectivity index (χ0n) is 16.5. The quantitative estimate of drug-likeness (QED) is 0.833. The van der Waals surface area contributed by atoms with Crippen LogP contribution in [0.15, 0.2) is 12.3 Å². The van der Waals surface area contributed by atoms with E-state index in [1.54, 1.807) is 34.9 Å². The first-order valence-corrected chi connectivity index (χ1v) is 9.33. The number of nitrogens with zero attached hydrogens (tertiary/aromatic N) is 4. The van der Waals surface area contributed by atoms with Crippen molar-refractivity contribution >= 4 is 34.9 Å². The second kappa shape index (κ2) is 7.56. The molecule has 1 aliphatic rings. The minimum atomic E-state index is -0.653. The van der Waals surface area contributed by atoms with Crippen molar-refractivity contribution in [3.05, 3.63) is 23.1 Å². The van der Waals surface area contributed by atoms with Crippen molar-refractivity contribution in [1.82, 2.24) is 19.9 Å². The molecule has 2 amide bonds. The number of hydrogen-bond acceptors (Lipinski definition) is 6. The Hall–Kier alpha value is -2.39. The van der Waals surface area contributed by atoms with Crippen LogP contribution in [-0.2, 0) is 9.47 Å². The zero-order valence-corrected chi connectivity index (χ0v) is 17.3. The molecule has 2 aromatic heterocycles. The van der Waals surface area contributed by atoms with Gasteiger partial charge < -0.3 is 14.8 Å². The number of carbonyl (C=O) groups is 2. The van der Waals surface area contributed by atoms with E-state index in [-0.39, 0.29) is 28.9 Å². The van der Waals surface area contributed by atoms with Crippen LogP contribution in [0.1, 0.15) is 44.1 Å². The summed E-state index contributed by atoms with van der Waals surface area (Å²) in [4.78, 5) is 30.7. The summed E-state index contributed by atoms with van der Waals surface area (Å²) >= 11 is 6.14. The topological polar surface area (TPSA) is 98.1 Å². The van der Waals surface area contributed by atoms with Crippen molar-refractivity contribution in [2.75, 3.05) is 19.1 Å². The van der Waals surface area contributed by atoms with Gasteiger partial charge in [0.05, 0.1) is 24.0 Å². The lowest BCUT2D eigenvalue weighted by atomic mass is 9.89. The molecule has 0 radical (unpaired) electrons. The van der Waals surface area contributed by atoms with E-state index in [9.17, 15) is 9.59 Å². The Morgan fingerprint density at radius 3 is 2.64 bits per heavy atom. The van der Waals surface area contributed by atoms with Crippen molar-refractivity contribution < 1.29 is 19.1 Å². The van der Waals surface area contributed by atoms with E-state index in [1.807, 2.05) is 0 Å². The lowest BCUT2D eigenvalue weighted by molar-refractivity contribution is 0.00717. The highest BCUT2D eigenvalue weighted by Crippen LogP contribution is 2.26. The molecule has 1 saturated carbocycles. The van der Waals surface area contributed by atoms with Gasteiger partial charge in [0.15, 0.2) is 16.5 Å². The van der Waals surface area contributed by atoms with Crippen molar-refractivity contribution in [2.45, 2.75) is 51.4 Å². The van der Waals surface area contributed by atoms with Gasteiger partial charge in [-0.05, 0) is 33.6 Å². The van der Waals surface area contributed by atoms with Gasteiger partial charge in [0.1, 0.15) is 5.60 Å². The summed E-state index contributed by atoms with van der Waals surface area (Å²) in [5.41, 5.74) is 0.268. The average Bonchev–Trinajstić information content (AvgIpc) is 2.99. The highest BCUT2D eigenvalue weighted by molar-refractivity contribution is 6.29. The van der Waals surface area contributed by atoms with Gasteiger partial charge in [0, 0.05) is 20.2 Å². The lowest BCUT2D eigenvalue weighted by Gasteiger charge is -2.35. The van der Waals surface area contributed by atoms with E-state index in [2.05, 4.69) is 15.4 Å². The molecule has 9 nitrogen and oxygen atoms in total. The Labute approximate surface area is 167 Å². The molecule has 3 rings (SSSR count). The Bertz CT molecular complexity index is 905. The molecule has 2 heterocycles. The summed E-state index contributed by atoms with van der Waals surface area (Å²) in [5, 5.41) is 7.21. The van der Waals surface area contributed by atoms with Crippen molar-refractivity contribution in [3.63, 3.8) is 0 Å². The minimum Gasteiger partial charge on any atom is -0.443 e. The zero-order chi connectivity index (χ0) is 20.6. The number of fused-ring (bicyclic) bond motifs is 1. The lowest BCUT2D eigenvalue weighted by Crippen LogP contribution is -2.51. The smallest absolute Gasteiger partial charge is 0.414 e. The van der Waals surface area contributed by atoms with Gasteiger partial charge in [0.25, 0.3) is 5.91 Å². The van der Waals surface area contributed by atoms with Crippen LogP contribution in [0.2, 0.25) is 5.15 Å². The van der Waals surface area contributed by atoms with Crippen LogP contribution in [0.3, 0.4) is 0 Å². The molecule has 1 N–H and O–H groups in total. The first kappa shape index (κ1) is 20.3. The maximum atomic E-state index is 12.7. The monoisotopic (exact) mass is 409 g/mol. The second-order valence-electron chi connectivity index (χ2n) is 7.70. The van der Waals surface area contributed by atoms with Crippen LogP contribution in [0.4, 0.5) is 10.5 Å². The second-order valence-corrected chi connectivity index (χ2v) is 8.09. The number of nitrogens with one attached hydrogen (secondary N) is 1. The molecule has 0 aromatic carbocycles. The van der Waals surface area contributed by atoms with E-state index >= 15 is 0 Å². The summed E-state index contributed by atoms with van der Waals surface area (Å²) in [6, 6.07) is 1.45. The largest absolute Gasteiger partial charge is 0.443 e. The fourth-order valence-corrected chi connectivity index (χ4v) is 3.09. The van der Waals surface area contributed by atoms with Gasteiger partial charge in [-0.3, -0.25) is 9.69 Å². The van der Waals surface area contributed by atoms with Crippen molar-refractivity contribution in [3.8, 4) is 0 Å². The minimum absolute atomic E-state index is 0.00791. The molecule has 1 fully saturated rings. The number of halogens is 1. The fraction of sp³-hybridized carbons (Fsp3) is 0.556. The number of methoxy groups -OCH3 is 1. The third kappa shape index (κ3) is 4.05. The maximum Gasteiger partial charge on any atom is 0.414 e. The Morgan fingerprint density at radius 1 is 1.36 bits per heavy atom. The van der Waals surface area contributed by atoms with Crippen LogP contribution in [0.25, 0.3) is 5.65 Å². The third-order valence-electron chi connectivity index (χ3n) is 4.51. The van der Waals surface area contributed by atoms with E-state index in [0.717, 1.165) is 12.8 Å². The third-order valence-corrected chi connectivity index (χ3v) is 4.69. The predicted molar refractivity (Wildman–Crippen MR) is 104 cm³/mol. The Balaban J connectivity index is 1.90. The summed E-state index contributed by atoms with van der Waals surface area (Å²) in [6.07, 6.45) is 2.60. The number of ether oxygens (including phenoxy) is 2. The van der Waals surface area contributed by atoms with Crippen LogP contribution < -0.4 is 10.2 Å². The summed E-state index contributed by atoms with van der Waals surface area (Å²) in [5.74, 6) is -0.333. The molecule has 10 heteroatoms. The molecule has 0 aliphatic heterocycles. The first-order chi connectivity index (χ1) is 13.1. The molecule has 0 bridgehead atoms. The van der Waals surface area contributed by atoms with Gasteiger partial charge in [-0.25, -0.2) is 14.3 Å². The van der Waals surface area contributed by atoms with Gasteiger partial charge >= 0.3 is 6.09 Å². The molecule has 0 unspecified atom stereocenters. The Kier molecular flexibility index (Phi) is 5.49. The van der Waals surface area contributed by atoms with E-state index in [1.165, 1.54) is 21.7 Å². The molecular weight excluding hydrogens is 386 g/mol. The molecule has 2 atom stereocenters. The number of amides is 2. The van der Waals surface area contributed by atoms with Gasteiger partial charge in [-0.2, -0.15) is 5.10 Å². The average molecular weight is 410 g/mol. The SMILES string of the molecule is CO[C@H]1CC[C@@H]1NC(=O)c1cnc2c(N(C)C(=O)OC(C)(C)C)cc(Cl)nn12. The standard InChI is InChI=1S/C18H24ClN5O4/c1-18(2,3)28-17(26)23(4)11-8-14(19)22-24-12(9-20-15(11)24)16(25)21-10-6-7-13(10)27-5/h8-10,13H,6-7H2,1-5H3,(H,21,25)/t10-,13-/m0/s1. The highest BCUT2D eigenvalue weighted by Gasteiger charge is 2.33. The molecule has 152 valence electrons. The van der Waals surface area contributed by atoms with Crippen molar-refractivity contribution in [2.24, 2.45) is 0 Å². The summed E-state index contributed by atoms with van der Waals surface area (Å²) in [6.45, 7) is 5.33. The van der Waals surface area contributed by atoms with Crippen molar-refractivity contribution in [1.29, 1.82) is 0 Å². The maximum absolute atomic E-state index is 12.7. The summed E-state index contributed by atoms with van der Waals surface area (Å²) in [7, 11) is 3.17. The predicted octanol–water partition coefficient (Wildman–Crippen LogP) is 2.66. The van der Waals surface area contributed by atoms with Gasteiger partial charge in [-0.15, -0.1) is 0 Å². The van der Waals surface area contributed by atoms with Gasteiger partial charge in [0.2, 0.25) is 0 Å². The molecule has 0 spiro atoms. The number of hydrogen-bond donors (Lipinski definition) is 1. The van der Waals surface area contributed by atoms with Crippen LogP contribution in [-0.4, -0.2) is 58.5 Å². The molecule has 1 aliphatic carbocycles. The van der Waals surface area contributed by atoms with Crippen LogP contribution in [0, 0.1) is 0 Å².